The topological polar surface area (TPSA) is 83.9 Å². The summed E-state index contributed by atoms with van der Waals surface area (Å²) in [5.41, 5.74) is 0.183. The van der Waals surface area contributed by atoms with E-state index in [2.05, 4.69) is 9.88 Å². The first-order valence-electron chi connectivity index (χ1n) is 11.8. The van der Waals surface area contributed by atoms with Gasteiger partial charge in [-0.2, -0.15) is 0 Å². The summed E-state index contributed by atoms with van der Waals surface area (Å²) in [4.78, 5) is 41.4. The molecule has 0 unspecified atom stereocenters. The van der Waals surface area contributed by atoms with Gasteiger partial charge in [-0.25, -0.2) is 4.79 Å². The van der Waals surface area contributed by atoms with Gasteiger partial charge in [0.15, 0.2) is 0 Å². The van der Waals surface area contributed by atoms with E-state index in [9.17, 15) is 14.4 Å². The number of carbonyl (C=O) groups excluding carboxylic acids is 3. The standard InChI is InChI=1S/C24H38N4O4/c1-17(2)25-21(29)18-8-13-26(14-9-18)22(30)20-7-6-12-28(20)19-10-15-27(16-11-19)23(31)32-24(3,4)5/h6-7,12,17-19H,8-11,13-16H2,1-5H3,(H,25,29). The monoisotopic (exact) mass is 446 g/mol. The summed E-state index contributed by atoms with van der Waals surface area (Å²) >= 11 is 0. The Balaban J connectivity index is 1.55. The van der Waals surface area contributed by atoms with Gasteiger partial charge < -0.3 is 24.4 Å². The lowest BCUT2D eigenvalue weighted by molar-refractivity contribution is -0.126. The molecule has 0 atom stereocenters. The van der Waals surface area contributed by atoms with Gasteiger partial charge in [-0.05, 0) is 72.4 Å². The molecule has 32 heavy (non-hydrogen) atoms. The maximum atomic E-state index is 13.2. The summed E-state index contributed by atoms with van der Waals surface area (Å²) in [5.74, 6) is 0.0879. The first kappa shape index (κ1) is 24.1. The third kappa shape index (κ3) is 6.04. The fourth-order valence-corrected chi connectivity index (χ4v) is 4.46. The predicted molar refractivity (Wildman–Crippen MR) is 122 cm³/mol. The highest BCUT2D eigenvalue weighted by Gasteiger charge is 2.32. The summed E-state index contributed by atoms with van der Waals surface area (Å²) in [5, 5.41) is 2.98. The smallest absolute Gasteiger partial charge is 0.410 e. The minimum absolute atomic E-state index is 0.0206. The first-order chi connectivity index (χ1) is 15.0. The average Bonchev–Trinajstić information content (AvgIpc) is 3.21. The van der Waals surface area contributed by atoms with E-state index < -0.39 is 5.60 Å². The molecular weight excluding hydrogens is 408 g/mol. The molecule has 3 heterocycles. The van der Waals surface area contributed by atoms with E-state index in [0.29, 0.717) is 44.7 Å². The summed E-state index contributed by atoms with van der Waals surface area (Å²) < 4.78 is 7.54. The Bertz CT molecular complexity index is 810. The Kier molecular flexibility index (Phi) is 7.51. The number of likely N-dealkylation sites (tertiary alicyclic amines) is 2. The molecule has 0 spiro atoms. The van der Waals surface area contributed by atoms with Crippen LogP contribution in [0.3, 0.4) is 0 Å². The molecule has 1 aromatic rings. The van der Waals surface area contributed by atoms with Gasteiger partial charge in [0.2, 0.25) is 5.91 Å². The van der Waals surface area contributed by atoms with Crippen molar-refractivity contribution in [2.45, 2.75) is 78.0 Å². The van der Waals surface area contributed by atoms with Crippen LogP contribution in [0.4, 0.5) is 4.79 Å². The SMILES string of the molecule is CC(C)NC(=O)C1CCN(C(=O)c2cccn2C2CCN(C(=O)OC(C)(C)C)CC2)CC1. The van der Waals surface area contributed by atoms with Crippen molar-refractivity contribution in [3.05, 3.63) is 24.0 Å². The van der Waals surface area contributed by atoms with Gasteiger partial charge in [-0.3, -0.25) is 9.59 Å². The van der Waals surface area contributed by atoms with Crippen molar-refractivity contribution in [2.75, 3.05) is 26.2 Å². The van der Waals surface area contributed by atoms with Crippen LogP contribution < -0.4 is 5.32 Å². The zero-order valence-electron chi connectivity index (χ0n) is 20.1. The van der Waals surface area contributed by atoms with Crippen molar-refractivity contribution in [3.63, 3.8) is 0 Å². The number of piperidine rings is 2. The number of nitrogens with zero attached hydrogens (tertiary/aromatic N) is 3. The highest BCUT2D eigenvalue weighted by Crippen LogP contribution is 2.27. The Hall–Kier alpha value is -2.51. The fourth-order valence-electron chi connectivity index (χ4n) is 4.46. The molecule has 2 saturated heterocycles. The van der Waals surface area contributed by atoms with Gasteiger partial charge in [-0.1, -0.05) is 0 Å². The maximum Gasteiger partial charge on any atom is 0.410 e. The van der Waals surface area contributed by atoms with Crippen molar-refractivity contribution >= 4 is 17.9 Å². The average molecular weight is 447 g/mol. The minimum atomic E-state index is -0.503. The lowest BCUT2D eigenvalue weighted by atomic mass is 9.95. The van der Waals surface area contributed by atoms with Crippen LogP contribution in [0, 0.1) is 5.92 Å². The van der Waals surface area contributed by atoms with Crippen LogP contribution in [0.1, 0.15) is 76.8 Å². The van der Waals surface area contributed by atoms with E-state index in [0.717, 1.165) is 12.8 Å². The number of hydrogen-bond donors (Lipinski definition) is 1. The molecule has 2 aliphatic heterocycles. The number of nitrogens with one attached hydrogen (secondary N) is 1. The molecule has 1 N–H and O–H groups in total. The second-order valence-electron chi connectivity index (χ2n) is 10.2. The van der Waals surface area contributed by atoms with E-state index in [1.807, 2.05) is 57.8 Å². The summed E-state index contributed by atoms with van der Waals surface area (Å²) in [7, 11) is 0. The molecule has 0 aromatic carbocycles. The van der Waals surface area contributed by atoms with Crippen LogP contribution in [-0.2, 0) is 9.53 Å². The summed E-state index contributed by atoms with van der Waals surface area (Å²) in [6.07, 6.45) is 4.64. The minimum Gasteiger partial charge on any atom is -0.444 e. The normalized spacial score (nSPS) is 18.7. The highest BCUT2D eigenvalue weighted by atomic mass is 16.6. The van der Waals surface area contributed by atoms with Crippen LogP contribution in [0.25, 0.3) is 0 Å². The summed E-state index contributed by atoms with van der Waals surface area (Å²) in [6.45, 7) is 11.9. The Labute approximate surface area is 191 Å². The second-order valence-corrected chi connectivity index (χ2v) is 10.2. The largest absolute Gasteiger partial charge is 0.444 e. The third-order valence-electron chi connectivity index (χ3n) is 6.09. The quantitative estimate of drug-likeness (QED) is 0.768. The second kappa shape index (κ2) is 9.96. The van der Waals surface area contributed by atoms with Crippen LogP contribution in [0.5, 0.6) is 0 Å². The Morgan fingerprint density at radius 1 is 1.00 bits per heavy atom. The van der Waals surface area contributed by atoms with Gasteiger partial charge in [0.1, 0.15) is 11.3 Å². The van der Waals surface area contributed by atoms with Crippen molar-refractivity contribution in [3.8, 4) is 0 Å². The molecule has 178 valence electrons. The van der Waals surface area contributed by atoms with E-state index in [1.54, 1.807) is 4.90 Å². The van der Waals surface area contributed by atoms with Crippen molar-refractivity contribution in [2.24, 2.45) is 5.92 Å². The van der Waals surface area contributed by atoms with E-state index in [-0.39, 0.29) is 35.9 Å². The van der Waals surface area contributed by atoms with Crippen molar-refractivity contribution < 1.29 is 19.1 Å². The zero-order valence-corrected chi connectivity index (χ0v) is 20.1. The Morgan fingerprint density at radius 2 is 1.59 bits per heavy atom. The van der Waals surface area contributed by atoms with Gasteiger partial charge in [-0.15, -0.1) is 0 Å². The molecule has 0 bridgehead atoms. The molecule has 3 amide bonds. The molecule has 2 fully saturated rings. The number of rotatable bonds is 4. The lowest BCUT2D eigenvalue weighted by Gasteiger charge is -2.35. The molecule has 2 aliphatic rings. The lowest BCUT2D eigenvalue weighted by Crippen LogP contribution is -2.45. The third-order valence-corrected chi connectivity index (χ3v) is 6.09. The molecule has 0 aliphatic carbocycles. The number of aromatic nitrogens is 1. The van der Waals surface area contributed by atoms with Crippen molar-refractivity contribution in [1.82, 2.24) is 19.7 Å². The van der Waals surface area contributed by atoms with Crippen LogP contribution >= 0.6 is 0 Å². The van der Waals surface area contributed by atoms with E-state index >= 15 is 0 Å². The first-order valence-corrected chi connectivity index (χ1v) is 11.8. The van der Waals surface area contributed by atoms with Gasteiger partial charge in [0, 0.05) is 50.4 Å². The van der Waals surface area contributed by atoms with E-state index in [1.165, 1.54) is 0 Å². The van der Waals surface area contributed by atoms with Gasteiger partial charge >= 0.3 is 6.09 Å². The molecule has 1 aromatic heterocycles. The van der Waals surface area contributed by atoms with Crippen LogP contribution in [0.2, 0.25) is 0 Å². The molecule has 8 nitrogen and oxygen atoms in total. The number of amides is 3. The van der Waals surface area contributed by atoms with Crippen LogP contribution in [0.15, 0.2) is 18.3 Å². The number of carbonyl (C=O) groups is 3. The molecule has 3 rings (SSSR count). The van der Waals surface area contributed by atoms with Crippen LogP contribution in [-0.4, -0.2) is 70.1 Å². The Morgan fingerprint density at radius 3 is 2.16 bits per heavy atom. The molecule has 8 heteroatoms. The summed E-state index contributed by atoms with van der Waals surface area (Å²) in [6, 6.07) is 4.10. The molecule has 0 radical (unpaired) electrons. The maximum absolute atomic E-state index is 13.2. The zero-order chi connectivity index (χ0) is 23.5. The van der Waals surface area contributed by atoms with Gasteiger partial charge in [0.25, 0.3) is 5.91 Å². The fraction of sp³-hybridized carbons (Fsp3) is 0.708. The highest BCUT2D eigenvalue weighted by molar-refractivity contribution is 5.93. The van der Waals surface area contributed by atoms with Crippen molar-refractivity contribution in [1.29, 1.82) is 0 Å². The van der Waals surface area contributed by atoms with E-state index in [4.69, 9.17) is 4.74 Å². The molecule has 0 saturated carbocycles. The number of hydrogen-bond acceptors (Lipinski definition) is 4. The predicted octanol–water partition coefficient (Wildman–Crippen LogP) is 3.44. The van der Waals surface area contributed by atoms with Gasteiger partial charge in [0.05, 0.1) is 0 Å². The molecular formula is C24H38N4O4. The number of ether oxygens (including phenoxy) is 1.